The monoisotopic (exact) mass is 308 g/mol. The lowest BCUT2D eigenvalue weighted by Gasteiger charge is -2.11. The maximum atomic E-state index is 12.6. The Morgan fingerprint density at radius 2 is 2.00 bits per heavy atom. The molecule has 0 bridgehead atoms. The Labute approximate surface area is 130 Å². The van der Waals surface area contributed by atoms with Gasteiger partial charge in [-0.25, -0.2) is 9.97 Å². The van der Waals surface area contributed by atoms with Crippen molar-refractivity contribution in [2.45, 2.75) is 6.54 Å². The molecule has 0 aliphatic heterocycles. The first-order valence-corrected chi connectivity index (χ1v) is 6.83. The van der Waals surface area contributed by atoms with E-state index >= 15 is 0 Å². The molecule has 7 nitrogen and oxygen atoms in total. The Balaban J connectivity index is 2.26. The highest BCUT2D eigenvalue weighted by Crippen LogP contribution is 2.21. The fourth-order valence-electron chi connectivity index (χ4n) is 2.31. The van der Waals surface area contributed by atoms with E-state index in [1.807, 2.05) is 0 Å². The third-order valence-corrected chi connectivity index (χ3v) is 3.38. The van der Waals surface area contributed by atoms with Gasteiger partial charge in [-0.2, -0.15) is 0 Å². The van der Waals surface area contributed by atoms with Crippen LogP contribution in [0.2, 0.25) is 0 Å². The van der Waals surface area contributed by atoms with Crippen LogP contribution < -0.4 is 5.56 Å². The summed E-state index contributed by atoms with van der Waals surface area (Å²) < 4.78 is 1.47. The predicted octanol–water partition coefficient (Wildman–Crippen LogP) is 2.55. The van der Waals surface area contributed by atoms with E-state index in [4.69, 9.17) is 0 Å². The Morgan fingerprint density at radius 3 is 2.65 bits per heavy atom. The summed E-state index contributed by atoms with van der Waals surface area (Å²) in [6.45, 7) is 3.94. The van der Waals surface area contributed by atoms with E-state index in [-0.39, 0.29) is 17.8 Å². The van der Waals surface area contributed by atoms with Gasteiger partial charge in [0, 0.05) is 30.4 Å². The van der Waals surface area contributed by atoms with E-state index < -0.39 is 4.92 Å². The standard InChI is InChI=1S/C16H12N4O3/c1-2-10-19-15(11-5-7-12(8-6-11)20(22)23)18-14-13(16(19)21)4-3-9-17-14/h2-9H,1,10H2. The first kappa shape index (κ1) is 14.6. The minimum atomic E-state index is -0.476. The highest BCUT2D eigenvalue weighted by molar-refractivity contribution is 5.76. The topological polar surface area (TPSA) is 90.9 Å². The molecular weight excluding hydrogens is 296 g/mol. The van der Waals surface area contributed by atoms with Crippen molar-refractivity contribution < 1.29 is 4.92 Å². The first-order valence-electron chi connectivity index (χ1n) is 6.83. The van der Waals surface area contributed by atoms with Crippen LogP contribution in [0.15, 0.2) is 60.0 Å². The normalized spacial score (nSPS) is 10.6. The summed E-state index contributed by atoms with van der Waals surface area (Å²) in [4.78, 5) is 31.4. The van der Waals surface area contributed by atoms with E-state index in [1.165, 1.54) is 16.7 Å². The van der Waals surface area contributed by atoms with Crippen LogP contribution in [-0.2, 0) is 6.54 Å². The van der Waals surface area contributed by atoms with E-state index in [1.54, 1.807) is 36.5 Å². The van der Waals surface area contributed by atoms with Gasteiger partial charge in [-0.1, -0.05) is 6.08 Å². The molecular formula is C16H12N4O3. The number of nitrogens with zero attached hydrogens (tertiary/aromatic N) is 4. The number of nitro groups is 1. The molecule has 2 aromatic heterocycles. The molecule has 0 N–H and O–H groups in total. The number of nitro benzene ring substituents is 1. The van der Waals surface area contributed by atoms with Gasteiger partial charge in [0.05, 0.1) is 10.3 Å². The molecule has 0 saturated heterocycles. The molecule has 0 aliphatic rings. The summed E-state index contributed by atoms with van der Waals surface area (Å²) in [5.74, 6) is 0.399. The van der Waals surface area contributed by atoms with Gasteiger partial charge in [-0.15, -0.1) is 6.58 Å². The van der Waals surface area contributed by atoms with Crippen LogP contribution >= 0.6 is 0 Å². The highest BCUT2D eigenvalue weighted by atomic mass is 16.6. The molecule has 0 fully saturated rings. The van der Waals surface area contributed by atoms with Crippen LogP contribution in [0.25, 0.3) is 22.4 Å². The number of aromatic nitrogens is 3. The van der Waals surface area contributed by atoms with Crippen LogP contribution in [0, 0.1) is 10.1 Å². The zero-order valence-electron chi connectivity index (χ0n) is 12.0. The molecule has 0 saturated carbocycles. The SMILES string of the molecule is C=CCn1c(-c2ccc([N+](=O)[O-])cc2)nc2ncccc2c1=O. The first-order chi connectivity index (χ1) is 11.1. The number of hydrogen-bond acceptors (Lipinski definition) is 5. The molecule has 0 atom stereocenters. The van der Waals surface area contributed by atoms with E-state index in [2.05, 4.69) is 16.5 Å². The van der Waals surface area contributed by atoms with Gasteiger partial charge in [-0.05, 0) is 24.3 Å². The molecule has 0 radical (unpaired) electrons. The van der Waals surface area contributed by atoms with Gasteiger partial charge in [0.2, 0.25) is 0 Å². The molecule has 2 heterocycles. The smallest absolute Gasteiger partial charge is 0.269 e. The Bertz CT molecular complexity index is 961. The molecule has 23 heavy (non-hydrogen) atoms. The quantitative estimate of drug-likeness (QED) is 0.419. The average molecular weight is 308 g/mol. The van der Waals surface area contributed by atoms with Gasteiger partial charge in [0.25, 0.3) is 11.2 Å². The second kappa shape index (κ2) is 5.80. The van der Waals surface area contributed by atoms with Crippen molar-refractivity contribution in [2.75, 3.05) is 0 Å². The van der Waals surface area contributed by atoms with Crippen LogP contribution in [0.4, 0.5) is 5.69 Å². The number of non-ortho nitro benzene ring substituents is 1. The lowest BCUT2D eigenvalue weighted by molar-refractivity contribution is -0.384. The van der Waals surface area contributed by atoms with Gasteiger partial charge < -0.3 is 0 Å². The van der Waals surface area contributed by atoms with E-state index in [0.29, 0.717) is 22.4 Å². The van der Waals surface area contributed by atoms with Crippen molar-refractivity contribution in [3.63, 3.8) is 0 Å². The molecule has 3 aromatic rings. The summed E-state index contributed by atoms with van der Waals surface area (Å²) in [7, 11) is 0. The summed E-state index contributed by atoms with van der Waals surface area (Å²) in [6.07, 6.45) is 3.16. The van der Waals surface area contributed by atoms with Crippen molar-refractivity contribution >= 4 is 16.7 Å². The van der Waals surface area contributed by atoms with Crippen LogP contribution in [-0.4, -0.2) is 19.5 Å². The lowest BCUT2D eigenvalue weighted by atomic mass is 10.2. The second-order valence-electron chi connectivity index (χ2n) is 4.82. The zero-order chi connectivity index (χ0) is 16.4. The van der Waals surface area contributed by atoms with Crippen molar-refractivity contribution in [1.82, 2.24) is 14.5 Å². The molecule has 114 valence electrons. The van der Waals surface area contributed by atoms with Crippen molar-refractivity contribution in [1.29, 1.82) is 0 Å². The third kappa shape index (κ3) is 2.59. The minimum absolute atomic E-state index is 0.0229. The predicted molar refractivity (Wildman–Crippen MR) is 86.1 cm³/mol. The summed E-state index contributed by atoms with van der Waals surface area (Å²) in [6, 6.07) is 9.22. The number of rotatable bonds is 4. The second-order valence-corrected chi connectivity index (χ2v) is 4.82. The average Bonchev–Trinajstić information content (AvgIpc) is 2.57. The van der Waals surface area contributed by atoms with Gasteiger partial charge in [-0.3, -0.25) is 19.5 Å². The maximum absolute atomic E-state index is 12.6. The van der Waals surface area contributed by atoms with Crippen molar-refractivity contribution in [2.24, 2.45) is 0 Å². The molecule has 7 heteroatoms. The summed E-state index contributed by atoms with van der Waals surface area (Å²) in [5, 5.41) is 11.2. The number of hydrogen-bond donors (Lipinski definition) is 0. The molecule has 0 spiro atoms. The van der Waals surface area contributed by atoms with Gasteiger partial charge in [0.15, 0.2) is 5.65 Å². The van der Waals surface area contributed by atoms with E-state index in [9.17, 15) is 14.9 Å². The molecule has 0 unspecified atom stereocenters. The van der Waals surface area contributed by atoms with Gasteiger partial charge in [0.1, 0.15) is 5.82 Å². The molecule has 1 aromatic carbocycles. The Morgan fingerprint density at radius 1 is 1.26 bits per heavy atom. The summed E-state index contributed by atoms with van der Waals surface area (Å²) >= 11 is 0. The number of benzene rings is 1. The number of pyridine rings is 1. The largest absolute Gasteiger partial charge is 0.288 e. The Hall–Kier alpha value is -3.35. The van der Waals surface area contributed by atoms with Crippen LogP contribution in [0.5, 0.6) is 0 Å². The van der Waals surface area contributed by atoms with Crippen molar-refractivity contribution in [3.8, 4) is 11.4 Å². The van der Waals surface area contributed by atoms with E-state index in [0.717, 1.165) is 0 Å². The molecule has 0 amide bonds. The van der Waals surface area contributed by atoms with Gasteiger partial charge >= 0.3 is 0 Å². The Kier molecular flexibility index (Phi) is 3.68. The lowest BCUT2D eigenvalue weighted by Crippen LogP contribution is -2.23. The highest BCUT2D eigenvalue weighted by Gasteiger charge is 2.13. The summed E-state index contributed by atoms with van der Waals surface area (Å²) in [5.41, 5.74) is 0.690. The molecule has 0 aliphatic carbocycles. The zero-order valence-corrected chi connectivity index (χ0v) is 12.0. The maximum Gasteiger partial charge on any atom is 0.269 e. The number of allylic oxidation sites excluding steroid dienone is 1. The fourth-order valence-corrected chi connectivity index (χ4v) is 2.31. The number of fused-ring (bicyclic) bond motifs is 1. The van der Waals surface area contributed by atoms with Crippen LogP contribution in [0.3, 0.4) is 0 Å². The molecule has 3 rings (SSSR count). The third-order valence-electron chi connectivity index (χ3n) is 3.38. The van der Waals surface area contributed by atoms with Crippen molar-refractivity contribution in [3.05, 3.63) is 75.7 Å². The van der Waals surface area contributed by atoms with Crippen LogP contribution in [0.1, 0.15) is 0 Å². The fraction of sp³-hybridized carbons (Fsp3) is 0.0625. The minimum Gasteiger partial charge on any atom is -0.288 e.